The minimum atomic E-state index is -5.63. The van der Waals surface area contributed by atoms with Crippen LogP contribution < -0.4 is 0 Å². The minimum Gasteiger partial charge on any atom is -0.377 e. The molecule has 1 N–H and O–H groups in total. The van der Waals surface area contributed by atoms with Crippen LogP contribution in [-0.2, 0) is 4.74 Å². The minimum absolute atomic E-state index is 0. The van der Waals surface area contributed by atoms with E-state index in [2.05, 4.69) is 33.7 Å². The maximum atomic E-state index is 11.4. The van der Waals surface area contributed by atoms with Crippen molar-refractivity contribution in [1.29, 1.82) is 0 Å². The van der Waals surface area contributed by atoms with E-state index in [-0.39, 0.29) is 12.1 Å². The monoisotopic (exact) mass is 564 g/mol. The number of halogens is 15. The lowest BCUT2D eigenvalue weighted by Crippen LogP contribution is -2.44. The SMILES string of the molecule is C.F.FCOC(C(F)(F)F)C(F)(F)F.OC(C(F)(F)F)C(F)(F)F.PI. The molecule has 0 fully saturated rings. The zero-order chi connectivity index (χ0) is 20.6. The number of hydrogen-bond donors (Lipinski definition) is 1. The van der Waals surface area contributed by atoms with Crippen molar-refractivity contribution in [3.8, 4) is 0 Å². The van der Waals surface area contributed by atoms with Gasteiger partial charge >= 0.3 is 24.7 Å². The van der Waals surface area contributed by atoms with Crippen molar-refractivity contribution >= 4 is 28.9 Å². The third-order valence-electron chi connectivity index (χ3n) is 1.44. The van der Waals surface area contributed by atoms with Crippen LogP contribution in [0.3, 0.4) is 0 Å². The maximum Gasteiger partial charge on any atom is 0.423 e. The van der Waals surface area contributed by atoms with Gasteiger partial charge in [-0.3, -0.25) is 4.70 Å². The second-order valence-corrected chi connectivity index (χ2v) is 3.22. The van der Waals surface area contributed by atoms with Crippen LogP contribution in [0.4, 0.5) is 61.8 Å². The van der Waals surface area contributed by atoms with Gasteiger partial charge in [-0.1, -0.05) is 36.3 Å². The van der Waals surface area contributed by atoms with Gasteiger partial charge in [0.15, 0.2) is 6.86 Å². The molecule has 0 radical (unpaired) electrons. The first-order valence-corrected chi connectivity index (χ1v) is 8.86. The summed E-state index contributed by atoms with van der Waals surface area (Å²) < 4.78 is 148. The molecule has 0 saturated heterocycles. The van der Waals surface area contributed by atoms with Crippen LogP contribution in [0.5, 0.6) is 0 Å². The molecular formula is C8H12F14IO2P. The normalized spacial score (nSPS) is 12.2. The van der Waals surface area contributed by atoms with Gasteiger partial charge in [0.25, 0.3) is 6.10 Å². The number of ether oxygens (including phenoxy) is 1. The van der Waals surface area contributed by atoms with E-state index in [0.717, 1.165) is 0 Å². The van der Waals surface area contributed by atoms with E-state index in [1.54, 1.807) is 0 Å². The third kappa shape index (κ3) is 17.5. The summed E-state index contributed by atoms with van der Waals surface area (Å²) in [6.07, 6.45) is -30.8. The van der Waals surface area contributed by atoms with Gasteiger partial charge in [0.1, 0.15) is 0 Å². The lowest BCUT2D eigenvalue weighted by atomic mass is 10.3. The van der Waals surface area contributed by atoms with Gasteiger partial charge in [0.2, 0.25) is 6.10 Å². The standard InChI is InChI=1S/C4H3F7O.C3H2F6O.CH4.FH.H2IP/c5-1-12-2(3(6,7)8)4(9,10)11;4-2(5,6)1(10)3(7,8)9;;;1-2/h2H,1H2;1,10H;1H4;1H;2H2. The molecule has 0 amide bonds. The molecule has 0 saturated carbocycles. The average Bonchev–Trinajstić information content (AvgIpc) is 2.33. The molecule has 1 unspecified atom stereocenters. The summed E-state index contributed by atoms with van der Waals surface area (Å²) in [4.78, 5) is 0. The van der Waals surface area contributed by atoms with Gasteiger partial charge in [-0.2, -0.15) is 52.7 Å². The van der Waals surface area contributed by atoms with E-state index < -0.39 is 43.8 Å². The number of hydrogen-bond acceptors (Lipinski definition) is 2. The first kappa shape index (κ1) is 36.9. The van der Waals surface area contributed by atoms with Gasteiger partial charge in [-0.25, -0.2) is 4.39 Å². The molecule has 0 bridgehead atoms. The molecule has 1 atom stereocenters. The molecule has 2 nitrogen and oxygen atoms in total. The molecule has 166 valence electrons. The van der Waals surface area contributed by atoms with Crippen LogP contribution in [0, 0.1) is 0 Å². The highest BCUT2D eigenvalue weighted by Crippen LogP contribution is 2.35. The van der Waals surface area contributed by atoms with Crippen molar-refractivity contribution in [2.24, 2.45) is 0 Å². The van der Waals surface area contributed by atoms with Gasteiger partial charge in [0, 0.05) is 0 Å². The van der Waals surface area contributed by atoms with E-state index in [1.807, 2.05) is 0 Å². The molecule has 0 aromatic heterocycles. The summed E-state index contributed by atoms with van der Waals surface area (Å²) in [5.41, 5.74) is 0. The average molecular weight is 564 g/mol. The fraction of sp³-hybridized carbons (Fsp3) is 1.00. The highest BCUT2D eigenvalue weighted by Gasteiger charge is 2.58. The smallest absolute Gasteiger partial charge is 0.377 e. The Kier molecular flexibility index (Phi) is 20.1. The molecule has 0 aliphatic rings. The Morgan fingerprint density at radius 3 is 1.00 bits per heavy atom. The van der Waals surface area contributed by atoms with Crippen LogP contribution in [0.25, 0.3) is 0 Å². The van der Waals surface area contributed by atoms with Gasteiger partial charge in [-0.05, 0) is 0 Å². The topological polar surface area (TPSA) is 29.5 Å². The van der Waals surface area contributed by atoms with Crippen molar-refractivity contribution < 1.29 is 71.6 Å². The van der Waals surface area contributed by atoms with E-state index in [1.165, 1.54) is 0 Å². The van der Waals surface area contributed by atoms with Crippen LogP contribution >= 0.6 is 28.9 Å². The van der Waals surface area contributed by atoms with Crippen molar-refractivity contribution in [3.05, 3.63) is 0 Å². The highest BCUT2D eigenvalue weighted by atomic mass is 127. The van der Waals surface area contributed by atoms with E-state index in [4.69, 9.17) is 5.11 Å². The van der Waals surface area contributed by atoms with Crippen LogP contribution in [-0.4, -0.2) is 48.9 Å². The lowest BCUT2D eigenvalue weighted by molar-refractivity contribution is -0.327. The fourth-order valence-corrected chi connectivity index (χ4v) is 0.623. The number of aliphatic hydroxyl groups excluding tert-OH is 1. The Hall–Kier alpha value is 0.1000. The molecule has 0 heterocycles. The summed E-state index contributed by atoms with van der Waals surface area (Å²) in [5, 5.41) is 7.47. The second-order valence-electron chi connectivity index (χ2n) is 3.22. The highest BCUT2D eigenvalue weighted by molar-refractivity contribution is 14.2. The predicted molar refractivity (Wildman–Crippen MR) is 74.0 cm³/mol. The molecule has 0 spiro atoms. The van der Waals surface area contributed by atoms with Crippen LogP contribution in [0.15, 0.2) is 0 Å². The van der Waals surface area contributed by atoms with Crippen molar-refractivity contribution in [2.75, 3.05) is 6.86 Å². The summed E-state index contributed by atoms with van der Waals surface area (Å²) in [6, 6.07) is 0. The Labute approximate surface area is 152 Å². The van der Waals surface area contributed by atoms with Crippen molar-refractivity contribution in [1.82, 2.24) is 0 Å². The zero-order valence-electron chi connectivity index (χ0n) is 11.0. The number of aliphatic hydroxyl groups is 1. The quantitative estimate of drug-likeness (QED) is 0.258. The van der Waals surface area contributed by atoms with Crippen LogP contribution in [0.2, 0.25) is 0 Å². The number of alkyl halides is 13. The molecule has 18 heteroatoms. The largest absolute Gasteiger partial charge is 0.423 e. The Bertz CT molecular complexity index is 297. The van der Waals surface area contributed by atoms with Gasteiger partial charge < -0.3 is 9.84 Å². The molecule has 0 aromatic carbocycles. The maximum absolute atomic E-state index is 11.4. The first-order valence-electron chi connectivity index (χ1n) is 4.69. The van der Waals surface area contributed by atoms with E-state index >= 15 is 0 Å². The first-order chi connectivity index (χ1) is 10.3. The van der Waals surface area contributed by atoms with E-state index in [0.29, 0.717) is 0 Å². The van der Waals surface area contributed by atoms with Gasteiger partial charge in [-0.15, -0.1) is 0 Å². The summed E-state index contributed by atoms with van der Waals surface area (Å²) in [6.45, 7) is 0.251. The molecular weight excluding hydrogens is 552 g/mol. The Balaban J connectivity index is -0.0000000973. The molecule has 0 aliphatic carbocycles. The lowest BCUT2D eigenvalue weighted by Gasteiger charge is -2.21. The van der Waals surface area contributed by atoms with Crippen LogP contribution in [0.1, 0.15) is 7.43 Å². The number of rotatable bonds is 2. The summed E-state index contributed by atoms with van der Waals surface area (Å²) >= 11 is 2.07. The second kappa shape index (κ2) is 14.1. The molecule has 0 rings (SSSR count). The Morgan fingerprint density at radius 2 is 0.962 bits per heavy atom. The molecule has 0 aliphatic heterocycles. The Morgan fingerprint density at radius 1 is 0.731 bits per heavy atom. The summed E-state index contributed by atoms with van der Waals surface area (Å²) in [7, 11) is 0. The fourth-order valence-electron chi connectivity index (χ4n) is 0.623. The molecule has 26 heavy (non-hydrogen) atoms. The predicted octanol–water partition coefficient (Wildman–Crippen LogP) is 5.90. The summed E-state index contributed by atoms with van der Waals surface area (Å²) in [5.74, 6) is 0. The van der Waals surface area contributed by atoms with Crippen molar-refractivity contribution in [3.63, 3.8) is 0 Å². The van der Waals surface area contributed by atoms with E-state index in [9.17, 15) is 57.1 Å². The zero-order valence-corrected chi connectivity index (χ0v) is 14.3. The molecule has 0 aromatic rings. The van der Waals surface area contributed by atoms with Crippen molar-refractivity contribution in [2.45, 2.75) is 44.3 Å². The van der Waals surface area contributed by atoms with Gasteiger partial charge in [0.05, 0.1) is 0 Å². The third-order valence-corrected chi connectivity index (χ3v) is 1.44.